The van der Waals surface area contributed by atoms with Gasteiger partial charge in [0, 0.05) is 27.0 Å². The maximum absolute atomic E-state index is 5.97. The number of nitrogens with two attached hydrogens (primary N) is 1. The molecule has 0 radical (unpaired) electrons. The van der Waals surface area contributed by atoms with E-state index in [2.05, 4.69) is 31.9 Å². The molecule has 1 atom stereocenters. The number of rotatable bonds is 0. The molecular formula is C9H10Br2ClNO. The van der Waals surface area contributed by atoms with E-state index in [0.29, 0.717) is 6.61 Å². The summed E-state index contributed by atoms with van der Waals surface area (Å²) in [6, 6.07) is 4.04. The number of hydrogen-bond acceptors (Lipinski definition) is 2. The highest BCUT2D eigenvalue weighted by molar-refractivity contribution is 9.11. The van der Waals surface area contributed by atoms with Crippen LogP contribution in [0.2, 0.25) is 0 Å². The van der Waals surface area contributed by atoms with Crippen LogP contribution in [0.3, 0.4) is 0 Å². The smallest absolute Gasteiger partial charge is 0.126 e. The molecule has 2 rings (SSSR count). The first-order chi connectivity index (χ1) is 6.18. The zero-order chi connectivity index (χ0) is 9.42. The Hall–Kier alpha value is 0.230. The lowest BCUT2D eigenvalue weighted by molar-refractivity contribution is 0.268. The summed E-state index contributed by atoms with van der Waals surface area (Å²) >= 11 is 6.89. The van der Waals surface area contributed by atoms with Crippen LogP contribution in [0.1, 0.15) is 18.0 Å². The summed E-state index contributed by atoms with van der Waals surface area (Å²) in [5.74, 6) is 0.889. The normalized spacial score (nSPS) is 19.2. The molecule has 1 aromatic carbocycles. The average molecular weight is 343 g/mol. The van der Waals surface area contributed by atoms with E-state index in [4.69, 9.17) is 10.5 Å². The van der Waals surface area contributed by atoms with Crippen molar-refractivity contribution in [1.29, 1.82) is 0 Å². The van der Waals surface area contributed by atoms with Gasteiger partial charge >= 0.3 is 0 Å². The summed E-state index contributed by atoms with van der Waals surface area (Å²) in [5.41, 5.74) is 7.05. The molecule has 0 bridgehead atoms. The molecule has 5 heteroatoms. The molecule has 1 heterocycles. The van der Waals surface area contributed by atoms with Crippen LogP contribution in [0, 0.1) is 0 Å². The number of benzene rings is 1. The van der Waals surface area contributed by atoms with E-state index in [1.165, 1.54) is 0 Å². The van der Waals surface area contributed by atoms with Gasteiger partial charge in [-0.3, -0.25) is 0 Å². The monoisotopic (exact) mass is 341 g/mol. The van der Waals surface area contributed by atoms with Crippen molar-refractivity contribution < 1.29 is 4.74 Å². The van der Waals surface area contributed by atoms with Gasteiger partial charge in [-0.1, -0.05) is 31.9 Å². The highest BCUT2D eigenvalue weighted by Crippen LogP contribution is 2.38. The van der Waals surface area contributed by atoms with Crippen molar-refractivity contribution >= 4 is 44.3 Å². The number of fused-ring (bicyclic) bond motifs is 1. The second kappa shape index (κ2) is 4.84. The summed E-state index contributed by atoms with van der Waals surface area (Å²) < 4.78 is 7.54. The fourth-order valence-electron chi connectivity index (χ4n) is 1.48. The van der Waals surface area contributed by atoms with Gasteiger partial charge in [0.05, 0.1) is 6.61 Å². The second-order valence-corrected chi connectivity index (χ2v) is 4.81. The van der Waals surface area contributed by atoms with Crippen molar-refractivity contribution in [2.45, 2.75) is 12.5 Å². The summed E-state index contributed by atoms with van der Waals surface area (Å²) in [7, 11) is 0. The lowest BCUT2D eigenvalue weighted by Crippen LogP contribution is -2.21. The van der Waals surface area contributed by atoms with Crippen LogP contribution in [0.15, 0.2) is 21.1 Å². The third-order valence-corrected chi connectivity index (χ3v) is 3.23. The molecule has 0 fully saturated rings. The van der Waals surface area contributed by atoms with Crippen LogP contribution in [0.5, 0.6) is 5.75 Å². The van der Waals surface area contributed by atoms with Gasteiger partial charge in [0.1, 0.15) is 5.75 Å². The fourth-order valence-corrected chi connectivity index (χ4v) is 2.96. The van der Waals surface area contributed by atoms with Gasteiger partial charge in [-0.15, -0.1) is 12.4 Å². The van der Waals surface area contributed by atoms with Gasteiger partial charge in [-0.2, -0.15) is 0 Å². The molecule has 1 aliphatic heterocycles. The largest absolute Gasteiger partial charge is 0.493 e. The van der Waals surface area contributed by atoms with E-state index in [0.717, 1.165) is 26.7 Å². The summed E-state index contributed by atoms with van der Waals surface area (Å²) in [6.07, 6.45) is 0.882. The fraction of sp³-hybridized carbons (Fsp3) is 0.333. The SMILES string of the molecule is Cl.N[C@@H]1CCOc2cc(Br)cc(Br)c21. The molecule has 2 N–H and O–H groups in total. The minimum absolute atomic E-state index is 0. The zero-order valence-corrected chi connectivity index (χ0v) is 11.3. The molecule has 0 spiro atoms. The topological polar surface area (TPSA) is 35.2 Å². The predicted molar refractivity (Wildman–Crippen MR) is 66.1 cm³/mol. The molecule has 0 saturated heterocycles. The molecule has 0 aromatic heterocycles. The minimum atomic E-state index is 0. The number of hydrogen-bond donors (Lipinski definition) is 1. The molecule has 0 amide bonds. The maximum atomic E-state index is 5.97. The average Bonchev–Trinajstić information content (AvgIpc) is 2.02. The summed E-state index contributed by atoms with van der Waals surface area (Å²) in [4.78, 5) is 0. The Morgan fingerprint density at radius 1 is 1.36 bits per heavy atom. The van der Waals surface area contributed by atoms with Crippen molar-refractivity contribution in [3.8, 4) is 5.75 Å². The highest BCUT2D eigenvalue weighted by atomic mass is 79.9. The molecule has 1 aliphatic rings. The third kappa shape index (κ3) is 2.24. The molecule has 14 heavy (non-hydrogen) atoms. The van der Waals surface area contributed by atoms with Gasteiger partial charge in [0.15, 0.2) is 0 Å². The van der Waals surface area contributed by atoms with Crippen LogP contribution in [0.4, 0.5) is 0 Å². The Bertz CT molecular complexity index is 346. The van der Waals surface area contributed by atoms with Crippen molar-refractivity contribution in [3.05, 3.63) is 26.6 Å². The quantitative estimate of drug-likeness (QED) is 0.783. The first-order valence-electron chi connectivity index (χ1n) is 4.06. The van der Waals surface area contributed by atoms with E-state index >= 15 is 0 Å². The van der Waals surface area contributed by atoms with Crippen LogP contribution in [0.25, 0.3) is 0 Å². The molecule has 1 aromatic rings. The molecule has 78 valence electrons. The number of ether oxygens (including phenoxy) is 1. The Balaban J connectivity index is 0.000000980. The van der Waals surface area contributed by atoms with Gasteiger partial charge < -0.3 is 10.5 Å². The van der Waals surface area contributed by atoms with Crippen LogP contribution >= 0.6 is 44.3 Å². The Kier molecular flexibility index (Phi) is 4.25. The molecular weight excluding hydrogens is 333 g/mol. The summed E-state index contributed by atoms with van der Waals surface area (Å²) in [6.45, 7) is 0.705. The van der Waals surface area contributed by atoms with Crippen LogP contribution in [-0.4, -0.2) is 6.61 Å². The van der Waals surface area contributed by atoms with E-state index in [-0.39, 0.29) is 18.4 Å². The van der Waals surface area contributed by atoms with Gasteiger partial charge in [-0.05, 0) is 12.1 Å². The second-order valence-electron chi connectivity index (χ2n) is 3.04. The van der Waals surface area contributed by atoms with Crippen LogP contribution in [-0.2, 0) is 0 Å². The first kappa shape index (κ1) is 12.3. The lowest BCUT2D eigenvalue weighted by Gasteiger charge is -2.24. The Morgan fingerprint density at radius 2 is 2.07 bits per heavy atom. The van der Waals surface area contributed by atoms with Crippen molar-refractivity contribution in [3.63, 3.8) is 0 Å². The van der Waals surface area contributed by atoms with Gasteiger partial charge in [-0.25, -0.2) is 0 Å². The molecule has 0 saturated carbocycles. The standard InChI is InChI=1S/C9H9Br2NO.ClH/c10-5-3-6(11)9-7(12)1-2-13-8(9)4-5;/h3-4,7H,1-2,12H2;1H/t7-;/m1./s1. The highest BCUT2D eigenvalue weighted by Gasteiger charge is 2.21. The Labute approximate surface area is 106 Å². The van der Waals surface area contributed by atoms with E-state index < -0.39 is 0 Å². The van der Waals surface area contributed by atoms with E-state index in [9.17, 15) is 0 Å². The van der Waals surface area contributed by atoms with Gasteiger partial charge in [0.25, 0.3) is 0 Å². The van der Waals surface area contributed by atoms with Crippen molar-refractivity contribution in [2.24, 2.45) is 5.73 Å². The Morgan fingerprint density at radius 3 is 2.79 bits per heavy atom. The van der Waals surface area contributed by atoms with Crippen molar-refractivity contribution in [2.75, 3.05) is 6.61 Å². The van der Waals surface area contributed by atoms with E-state index in [1.807, 2.05) is 12.1 Å². The zero-order valence-electron chi connectivity index (χ0n) is 7.30. The van der Waals surface area contributed by atoms with Crippen molar-refractivity contribution in [1.82, 2.24) is 0 Å². The summed E-state index contributed by atoms with van der Waals surface area (Å²) in [5, 5.41) is 0. The maximum Gasteiger partial charge on any atom is 0.126 e. The molecule has 0 aliphatic carbocycles. The molecule has 0 unspecified atom stereocenters. The predicted octanol–water partition coefficient (Wildman–Crippen LogP) is 3.42. The lowest BCUT2D eigenvalue weighted by atomic mass is 10.0. The minimum Gasteiger partial charge on any atom is -0.493 e. The first-order valence-corrected chi connectivity index (χ1v) is 5.64. The van der Waals surface area contributed by atoms with E-state index in [1.54, 1.807) is 0 Å². The van der Waals surface area contributed by atoms with Gasteiger partial charge in [0.2, 0.25) is 0 Å². The number of halogens is 3. The molecule has 2 nitrogen and oxygen atoms in total. The van der Waals surface area contributed by atoms with Crippen LogP contribution < -0.4 is 10.5 Å². The third-order valence-electron chi connectivity index (χ3n) is 2.11.